The van der Waals surface area contributed by atoms with Crippen molar-refractivity contribution in [2.24, 2.45) is 0 Å². The lowest BCUT2D eigenvalue weighted by molar-refractivity contribution is -0.0282. The first kappa shape index (κ1) is 16.4. The molecule has 2 N–H and O–H groups in total. The SMILES string of the molecule is COCC(C)OCC(O)CNc1cccc(C)c1Br. The van der Waals surface area contributed by atoms with E-state index in [4.69, 9.17) is 9.47 Å². The maximum atomic E-state index is 9.84. The quantitative estimate of drug-likeness (QED) is 0.768. The van der Waals surface area contributed by atoms with E-state index in [9.17, 15) is 5.11 Å². The molecule has 1 rings (SSSR count). The molecule has 0 bridgehead atoms. The Morgan fingerprint density at radius 2 is 2.11 bits per heavy atom. The van der Waals surface area contributed by atoms with Crippen LogP contribution in [0.25, 0.3) is 0 Å². The Bertz CT molecular complexity index is 387. The summed E-state index contributed by atoms with van der Waals surface area (Å²) in [5, 5.41) is 13.0. The third-order valence-corrected chi connectivity index (χ3v) is 3.75. The topological polar surface area (TPSA) is 50.7 Å². The zero-order valence-electron chi connectivity index (χ0n) is 11.6. The van der Waals surface area contributed by atoms with E-state index in [0.717, 1.165) is 15.7 Å². The fourth-order valence-electron chi connectivity index (χ4n) is 1.63. The fourth-order valence-corrected chi connectivity index (χ4v) is 2.03. The molecule has 0 heterocycles. The van der Waals surface area contributed by atoms with Crippen molar-refractivity contribution in [3.05, 3.63) is 28.2 Å². The molecule has 0 aromatic heterocycles. The highest BCUT2D eigenvalue weighted by atomic mass is 79.9. The standard InChI is InChI=1S/C14H22BrNO3/c1-10-5-4-6-13(14(10)15)16-7-12(17)9-19-11(2)8-18-3/h4-6,11-12,16-17H,7-9H2,1-3H3. The highest BCUT2D eigenvalue weighted by molar-refractivity contribution is 9.10. The van der Waals surface area contributed by atoms with Crippen molar-refractivity contribution in [3.63, 3.8) is 0 Å². The van der Waals surface area contributed by atoms with Gasteiger partial charge in [-0.25, -0.2) is 0 Å². The second kappa shape index (κ2) is 8.53. The van der Waals surface area contributed by atoms with Crippen LogP contribution >= 0.6 is 15.9 Å². The summed E-state index contributed by atoms with van der Waals surface area (Å²) in [5.74, 6) is 0. The molecule has 4 nitrogen and oxygen atoms in total. The maximum absolute atomic E-state index is 9.84. The molecule has 1 aromatic carbocycles. The van der Waals surface area contributed by atoms with E-state index in [2.05, 4.69) is 21.2 Å². The molecular weight excluding hydrogens is 310 g/mol. The normalized spacial score (nSPS) is 14.2. The third kappa shape index (κ3) is 5.91. The van der Waals surface area contributed by atoms with Gasteiger partial charge in [0.15, 0.2) is 0 Å². The van der Waals surface area contributed by atoms with Gasteiger partial charge in [-0.1, -0.05) is 12.1 Å². The maximum Gasteiger partial charge on any atom is 0.0945 e. The summed E-state index contributed by atoms with van der Waals surface area (Å²) in [5.41, 5.74) is 2.13. The zero-order chi connectivity index (χ0) is 14.3. The van der Waals surface area contributed by atoms with Crippen LogP contribution in [0, 0.1) is 6.92 Å². The van der Waals surface area contributed by atoms with Gasteiger partial charge in [-0.15, -0.1) is 0 Å². The summed E-state index contributed by atoms with van der Waals surface area (Å²) in [6.45, 7) is 5.22. The minimum atomic E-state index is -0.549. The molecule has 19 heavy (non-hydrogen) atoms. The predicted octanol–water partition coefficient (Wildman–Crippen LogP) is 2.58. The largest absolute Gasteiger partial charge is 0.389 e. The Balaban J connectivity index is 2.33. The zero-order valence-corrected chi connectivity index (χ0v) is 13.2. The van der Waals surface area contributed by atoms with Gasteiger partial charge in [-0.05, 0) is 41.4 Å². The molecule has 2 unspecified atom stereocenters. The van der Waals surface area contributed by atoms with Gasteiger partial charge in [0.2, 0.25) is 0 Å². The van der Waals surface area contributed by atoms with Gasteiger partial charge in [-0.2, -0.15) is 0 Å². The van der Waals surface area contributed by atoms with Crippen LogP contribution < -0.4 is 5.32 Å². The summed E-state index contributed by atoms with van der Waals surface area (Å²) < 4.78 is 11.4. The van der Waals surface area contributed by atoms with Crippen LogP contribution in [-0.4, -0.2) is 44.2 Å². The van der Waals surface area contributed by atoms with Gasteiger partial charge in [0.05, 0.1) is 25.4 Å². The molecule has 0 aliphatic rings. The van der Waals surface area contributed by atoms with E-state index >= 15 is 0 Å². The number of aliphatic hydroxyl groups is 1. The lowest BCUT2D eigenvalue weighted by Gasteiger charge is -2.17. The molecule has 0 spiro atoms. The Morgan fingerprint density at radius 1 is 1.37 bits per heavy atom. The molecule has 1 aromatic rings. The third-order valence-electron chi connectivity index (χ3n) is 2.69. The molecule has 108 valence electrons. The molecule has 0 saturated carbocycles. The van der Waals surface area contributed by atoms with Gasteiger partial charge in [0, 0.05) is 23.8 Å². The monoisotopic (exact) mass is 331 g/mol. The van der Waals surface area contributed by atoms with Crippen molar-refractivity contribution in [2.75, 3.05) is 32.2 Å². The van der Waals surface area contributed by atoms with E-state index < -0.39 is 6.10 Å². The van der Waals surface area contributed by atoms with Gasteiger partial charge >= 0.3 is 0 Å². The molecule has 0 aliphatic heterocycles. The van der Waals surface area contributed by atoms with Crippen molar-refractivity contribution in [3.8, 4) is 0 Å². The van der Waals surface area contributed by atoms with Crippen LogP contribution in [0.4, 0.5) is 5.69 Å². The van der Waals surface area contributed by atoms with Crippen LogP contribution in [-0.2, 0) is 9.47 Å². The predicted molar refractivity (Wildman–Crippen MR) is 80.7 cm³/mol. The van der Waals surface area contributed by atoms with E-state index in [1.165, 1.54) is 0 Å². The Hall–Kier alpha value is -0.620. The van der Waals surface area contributed by atoms with Gasteiger partial charge < -0.3 is 19.9 Å². The number of rotatable bonds is 8. The summed E-state index contributed by atoms with van der Waals surface area (Å²) in [6, 6.07) is 5.98. The van der Waals surface area contributed by atoms with Crippen molar-refractivity contribution >= 4 is 21.6 Å². The smallest absolute Gasteiger partial charge is 0.0945 e. The lowest BCUT2D eigenvalue weighted by Crippen LogP contribution is -2.28. The van der Waals surface area contributed by atoms with Crippen molar-refractivity contribution in [2.45, 2.75) is 26.1 Å². The second-order valence-electron chi connectivity index (χ2n) is 4.57. The number of benzene rings is 1. The average molecular weight is 332 g/mol. The number of anilines is 1. The summed E-state index contributed by atoms with van der Waals surface area (Å²) in [7, 11) is 1.63. The van der Waals surface area contributed by atoms with Crippen LogP contribution in [0.2, 0.25) is 0 Å². The minimum Gasteiger partial charge on any atom is -0.389 e. The lowest BCUT2D eigenvalue weighted by atomic mass is 10.2. The van der Waals surface area contributed by atoms with Crippen molar-refractivity contribution < 1.29 is 14.6 Å². The minimum absolute atomic E-state index is 0.00893. The first-order valence-corrected chi connectivity index (χ1v) is 7.11. The van der Waals surface area contributed by atoms with E-state index in [1.54, 1.807) is 7.11 Å². The first-order valence-electron chi connectivity index (χ1n) is 6.32. The average Bonchev–Trinajstić information content (AvgIpc) is 2.38. The van der Waals surface area contributed by atoms with E-state index in [-0.39, 0.29) is 6.10 Å². The Kier molecular flexibility index (Phi) is 7.38. The number of hydrogen-bond donors (Lipinski definition) is 2. The van der Waals surface area contributed by atoms with E-state index in [0.29, 0.717) is 19.8 Å². The number of methoxy groups -OCH3 is 1. The molecule has 0 fully saturated rings. The number of aliphatic hydroxyl groups excluding tert-OH is 1. The molecule has 2 atom stereocenters. The number of halogens is 1. The molecule has 5 heteroatoms. The molecule has 0 saturated heterocycles. The number of hydrogen-bond acceptors (Lipinski definition) is 4. The van der Waals surface area contributed by atoms with Crippen LogP contribution in [0.3, 0.4) is 0 Å². The Labute approximate surface area is 123 Å². The van der Waals surface area contributed by atoms with Crippen LogP contribution in [0.5, 0.6) is 0 Å². The Morgan fingerprint density at radius 3 is 2.79 bits per heavy atom. The van der Waals surface area contributed by atoms with E-state index in [1.807, 2.05) is 32.0 Å². The second-order valence-corrected chi connectivity index (χ2v) is 5.36. The highest BCUT2D eigenvalue weighted by Crippen LogP contribution is 2.25. The van der Waals surface area contributed by atoms with Crippen molar-refractivity contribution in [1.82, 2.24) is 0 Å². The fraction of sp³-hybridized carbons (Fsp3) is 0.571. The van der Waals surface area contributed by atoms with Crippen LogP contribution in [0.1, 0.15) is 12.5 Å². The highest BCUT2D eigenvalue weighted by Gasteiger charge is 2.09. The van der Waals surface area contributed by atoms with Crippen molar-refractivity contribution in [1.29, 1.82) is 0 Å². The number of ether oxygens (including phenoxy) is 2. The number of aryl methyl sites for hydroxylation is 1. The van der Waals surface area contributed by atoms with Crippen LogP contribution in [0.15, 0.2) is 22.7 Å². The number of nitrogens with one attached hydrogen (secondary N) is 1. The first-order chi connectivity index (χ1) is 9.04. The molecule has 0 aliphatic carbocycles. The molecule has 0 amide bonds. The van der Waals surface area contributed by atoms with Gasteiger partial charge in [0.1, 0.15) is 0 Å². The summed E-state index contributed by atoms with van der Waals surface area (Å²) >= 11 is 3.52. The summed E-state index contributed by atoms with van der Waals surface area (Å²) in [4.78, 5) is 0. The van der Waals surface area contributed by atoms with Gasteiger partial charge in [0.25, 0.3) is 0 Å². The molecule has 0 radical (unpaired) electrons. The summed E-state index contributed by atoms with van der Waals surface area (Å²) in [6.07, 6.45) is -0.558. The molecular formula is C14H22BrNO3. The van der Waals surface area contributed by atoms with Gasteiger partial charge in [-0.3, -0.25) is 0 Å².